The van der Waals surface area contributed by atoms with Gasteiger partial charge in [0.15, 0.2) is 11.9 Å². The second-order valence-electron chi connectivity index (χ2n) is 5.24. The molecule has 2 heterocycles. The molecule has 2 N–H and O–H groups in total. The maximum Gasteiger partial charge on any atom is 0.280 e. The van der Waals surface area contributed by atoms with Crippen LogP contribution in [0.4, 0.5) is 11.5 Å². The second-order valence-corrected chi connectivity index (χ2v) is 6.80. The number of hydrazone groups is 1. The highest BCUT2D eigenvalue weighted by Gasteiger charge is 2.34. The van der Waals surface area contributed by atoms with Crippen LogP contribution in [-0.2, 0) is 14.8 Å². The summed E-state index contributed by atoms with van der Waals surface area (Å²) in [5.41, 5.74) is 0.882. The Kier molecular flexibility index (Phi) is 4.38. The summed E-state index contributed by atoms with van der Waals surface area (Å²) < 4.78 is 22.6. The Morgan fingerprint density at radius 1 is 1.16 bits per heavy atom. The van der Waals surface area contributed by atoms with Crippen molar-refractivity contribution in [3.63, 3.8) is 0 Å². The number of primary sulfonamides is 1. The second kappa shape index (κ2) is 6.49. The maximum atomic E-state index is 12.5. The van der Waals surface area contributed by atoms with E-state index in [-0.39, 0.29) is 10.8 Å². The number of amides is 1. The molecule has 128 valence electrons. The molecule has 1 aliphatic rings. The van der Waals surface area contributed by atoms with Crippen LogP contribution in [0.2, 0.25) is 0 Å². The van der Waals surface area contributed by atoms with E-state index in [9.17, 15) is 13.2 Å². The van der Waals surface area contributed by atoms with Gasteiger partial charge in [0, 0.05) is 6.20 Å². The summed E-state index contributed by atoms with van der Waals surface area (Å²) in [7, 11) is -3.80. The fourth-order valence-electron chi connectivity index (χ4n) is 2.18. The van der Waals surface area contributed by atoms with E-state index in [0.717, 1.165) is 5.01 Å². The molecule has 0 aliphatic carbocycles. The van der Waals surface area contributed by atoms with Crippen molar-refractivity contribution in [2.24, 2.45) is 20.5 Å². The molecule has 0 bridgehead atoms. The highest BCUT2D eigenvalue weighted by Crippen LogP contribution is 2.24. The molecule has 25 heavy (non-hydrogen) atoms. The topological polar surface area (TPSA) is 130 Å². The molecule has 0 saturated heterocycles. The van der Waals surface area contributed by atoms with Gasteiger partial charge in [-0.2, -0.15) is 15.2 Å². The Hall–Kier alpha value is -2.98. The SMILES string of the molecule is CC1=NN(c2ccc(S(N)(=O)=O)cc2)C(=O)C1N=Nc1ccccn1. The molecular weight excluding hydrogens is 344 g/mol. The van der Waals surface area contributed by atoms with Gasteiger partial charge in [-0.15, -0.1) is 5.11 Å². The predicted octanol–water partition coefficient (Wildman–Crippen LogP) is 1.60. The molecule has 0 radical (unpaired) electrons. The highest BCUT2D eigenvalue weighted by molar-refractivity contribution is 7.89. The molecule has 0 spiro atoms. The van der Waals surface area contributed by atoms with Crippen LogP contribution in [0.15, 0.2) is 68.9 Å². The van der Waals surface area contributed by atoms with Gasteiger partial charge in [0.2, 0.25) is 10.0 Å². The summed E-state index contributed by atoms with van der Waals surface area (Å²) in [4.78, 5) is 16.5. The summed E-state index contributed by atoms with van der Waals surface area (Å²) in [6.07, 6.45) is 1.57. The molecule has 0 saturated carbocycles. The molecule has 1 atom stereocenters. The van der Waals surface area contributed by atoms with Gasteiger partial charge in [-0.1, -0.05) is 6.07 Å². The number of nitrogens with two attached hydrogens (primary N) is 1. The van der Waals surface area contributed by atoms with Crippen molar-refractivity contribution in [3.8, 4) is 0 Å². The lowest BCUT2D eigenvalue weighted by molar-refractivity contribution is -0.117. The number of hydrogen-bond donors (Lipinski definition) is 1. The average Bonchev–Trinajstić information content (AvgIpc) is 2.87. The van der Waals surface area contributed by atoms with E-state index in [2.05, 4.69) is 20.3 Å². The number of benzene rings is 1. The van der Waals surface area contributed by atoms with Crippen LogP contribution < -0.4 is 10.1 Å². The molecule has 1 aliphatic heterocycles. The van der Waals surface area contributed by atoms with Gasteiger partial charge in [0.25, 0.3) is 5.91 Å². The van der Waals surface area contributed by atoms with Crippen molar-refractivity contribution in [1.29, 1.82) is 0 Å². The van der Waals surface area contributed by atoms with E-state index < -0.39 is 16.1 Å². The molecule has 3 rings (SSSR count). The Bertz CT molecular complexity index is 955. The number of carbonyl (C=O) groups is 1. The number of rotatable bonds is 4. The number of sulfonamides is 1. The number of aromatic nitrogens is 1. The molecule has 0 fully saturated rings. The first kappa shape index (κ1) is 16.9. The molecule has 10 heteroatoms. The smallest absolute Gasteiger partial charge is 0.269 e. The van der Waals surface area contributed by atoms with Crippen LogP contribution >= 0.6 is 0 Å². The normalized spacial score (nSPS) is 18.0. The maximum absolute atomic E-state index is 12.5. The quantitative estimate of drug-likeness (QED) is 0.832. The lowest BCUT2D eigenvalue weighted by Gasteiger charge is -2.12. The Balaban J connectivity index is 1.81. The monoisotopic (exact) mass is 358 g/mol. The van der Waals surface area contributed by atoms with Crippen LogP contribution in [0.25, 0.3) is 0 Å². The number of hydrogen-bond acceptors (Lipinski definition) is 7. The zero-order valence-electron chi connectivity index (χ0n) is 13.1. The van der Waals surface area contributed by atoms with E-state index in [1.54, 1.807) is 31.3 Å². The first-order chi connectivity index (χ1) is 11.9. The van der Waals surface area contributed by atoms with Gasteiger partial charge in [-0.25, -0.2) is 18.5 Å². The first-order valence-corrected chi connectivity index (χ1v) is 8.75. The number of carbonyl (C=O) groups excluding carboxylic acids is 1. The summed E-state index contributed by atoms with van der Waals surface area (Å²) in [6, 6.07) is 9.85. The van der Waals surface area contributed by atoms with Crippen LogP contribution in [0, 0.1) is 0 Å². The zero-order chi connectivity index (χ0) is 18.0. The van der Waals surface area contributed by atoms with Gasteiger partial charge in [0.05, 0.1) is 16.3 Å². The van der Waals surface area contributed by atoms with Crippen LogP contribution in [0.3, 0.4) is 0 Å². The minimum Gasteiger partial charge on any atom is -0.269 e. The molecule has 1 aromatic heterocycles. The van der Waals surface area contributed by atoms with Gasteiger partial charge in [0.1, 0.15) is 0 Å². The van der Waals surface area contributed by atoms with E-state index >= 15 is 0 Å². The number of pyridine rings is 1. The number of azo groups is 1. The first-order valence-electron chi connectivity index (χ1n) is 7.20. The minimum atomic E-state index is -3.80. The molecule has 9 nitrogen and oxygen atoms in total. The number of nitrogens with zero attached hydrogens (tertiary/aromatic N) is 5. The molecule has 1 unspecified atom stereocenters. The standard InChI is InChI=1S/C15H14N6O3S/c1-10-14(19-18-13-4-2-3-9-17-13)15(22)21(20-10)11-5-7-12(8-6-11)25(16,23)24/h2-9,14H,1H3,(H2,16,23,24). The van der Waals surface area contributed by atoms with E-state index in [1.165, 1.54) is 24.3 Å². The summed E-state index contributed by atoms with van der Waals surface area (Å²) in [5, 5.41) is 18.4. The van der Waals surface area contributed by atoms with Crippen molar-refractivity contribution >= 4 is 33.1 Å². The van der Waals surface area contributed by atoms with Crippen molar-refractivity contribution in [2.45, 2.75) is 17.9 Å². The van der Waals surface area contributed by atoms with Crippen LogP contribution in [0.1, 0.15) is 6.92 Å². The van der Waals surface area contributed by atoms with Crippen molar-refractivity contribution < 1.29 is 13.2 Å². The van der Waals surface area contributed by atoms with E-state index in [0.29, 0.717) is 17.2 Å². The minimum absolute atomic E-state index is 0.0463. The fourth-order valence-corrected chi connectivity index (χ4v) is 2.70. The Morgan fingerprint density at radius 3 is 2.48 bits per heavy atom. The van der Waals surface area contributed by atoms with Gasteiger partial charge < -0.3 is 0 Å². The van der Waals surface area contributed by atoms with Gasteiger partial charge in [-0.3, -0.25) is 4.79 Å². The average molecular weight is 358 g/mol. The molecule has 2 aromatic rings. The zero-order valence-corrected chi connectivity index (χ0v) is 14.0. The van der Waals surface area contributed by atoms with Gasteiger partial charge >= 0.3 is 0 Å². The summed E-state index contributed by atoms with van der Waals surface area (Å²) in [6.45, 7) is 1.67. The van der Waals surface area contributed by atoms with Crippen LogP contribution in [0.5, 0.6) is 0 Å². The largest absolute Gasteiger partial charge is 0.280 e. The van der Waals surface area contributed by atoms with Crippen molar-refractivity contribution in [1.82, 2.24) is 4.98 Å². The third kappa shape index (κ3) is 3.59. The predicted molar refractivity (Wildman–Crippen MR) is 91.0 cm³/mol. The summed E-state index contributed by atoms with van der Waals surface area (Å²) >= 11 is 0. The molecule has 1 amide bonds. The fraction of sp³-hybridized carbons (Fsp3) is 0.133. The van der Waals surface area contributed by atoms with E-state index in [1.807, 2.05) is 0 Å². The van der Waals surface area contributed by atoms with E-state index in [4.69, 9.17) is 5.14 Å². The highest BCUT2D eigenvalue weighted by atomic mass is 32.2. The Labute approximate surface area is 143 Å². The molecular formula is C15H14N6O3S. The summed E-state index contributed by atoms with van der Waals surface area (Å²) in [5.74, 6) is -0.000378. The van der Waals surface area contributed by atoms with Crippen molar-refractivity contribution in [2.75, 3.05) is 5.01 Å². The van der Waals surface area contributed by atoms with Crippen molar-refractivity contribution in [3.05, 3.63) is 48.7 Å². The van der Waals surface area contributed by atoms with Gasteiger partial charge in [-0.05, 0) is 43.3 Å². The molecule has 1 aromatic carbocycles. The number of anilines is 1. The third-order valence-corrected chi connectivity index (χ3v) is 4.36. The Morgan fingerprint density at radius 2 is 1.88 bits per heavy atom. The van der Waals surface area contributed by atoms with Crippen LogP contribution in [-0.4, -0.2) is 31.1 Å². The third-order valence-electron chi connectivity index (χ3n) is 3.43. The lowest BCUT2D eigenvalue weighted by Crippen LogP contribution is -2.29. The lowest BCUT2D eigenvalue weighted by atomic mass is 10.2.